The van der Waals surface area contributed by atoms with Gasteiger partial charge in [-0.25, -0.2) is 4.98 Å². The van der Waals surface area contributed by atoms with Gasteiger partial charge in [0.25, 0.3) is 0 Å². The van der Waals surface area contributed by atoms with Gasteiger partial charge in [0.2, 0.25) is 11.8 Å². The molecule has 0 radical (unpaired) electrons. The van der Waals surface area contributed by atoms with E-state index in [4.69, 9.17) is 4.74 Å². The minimum absolute atomic E-state index is 0.170. The normalized spacial score (nSPS) is 25.2. The SMILES string of the molecule is CC(C)N1CCN(C(=O)[C@H]2CC[C@H](Oc3ccc(Br)cn3)CC2)CC1. The summed E-state index contributed by atoms with van der Waals surface area (Å²) in [5.41, 5.74) is 0. The summed E-state index contributed by atoms with van der Waals surface area (Å²) in [5.74, 6) is 1.19. The molecule has 1 aromatic rings. The molecule has 138 valence electrons. The third-order valence-corrected chi connectivity index (χ3v) is 5.84. The molecule has 3 rings (SSSR count). The molecule has 0 aromatic carbocycles. The molecule has 1 saturated carbocycles. The van der Waals surface area contributed by atoms with E-state index in [1.165, 1.54) is 0 Å². The minimum atomic E-state index is 0.170. The van der Waals surface area contributed by atoms with E-state index in [9.17, 15) is 4.79 Å². The maximum atomic E-state index is 12.8. The van der Waals surface area contributed by atoms with Crippen molar-refractivity contribution in [3.8, 4) is 5.88 Å². The molecule has 1 aliphatic carbocycles. The lowest BCUT2D eigenvalue weighted by Crippen LogP contribution is -2.52. The van der Waals surface area contributed by atoms with E-state index < -0.39 is 0 Å². The maximum Gasteiger partial charge on any atom is 0.225 e. The Morgan fingerprint density at radius 1 is 1.16 bits per heavy atom. The van der Waals surface area contributed by atoms with Crippen LogP contribution in [-0.2, 0) is 4.79 Å². The van der Waals surface area contributed by atoms with Crippen LogP contribution >= 0.6 is 15.9 Å². The zero-order valence-corrected chi connectivity index (χ0v) is 16.7. The summed E-state index contributed by atoms with van der Waals surface area (Å²) >= 11 is 3.38. The van der Waals surface area contributed by atoms with Gasteiger partial charge in [-0.1, -0.05) is 0 Å². The van der Waals surface area contributed by atoms with Crippen molar-refractivity contribution < 1.29 is 9.53 Å². The fourth-order valence-electron chi connectivity index (χ4n) is 3.75. The smallest absolute Gasteiger partial charge is 0.225 e. The highest BCUT2D eigenvalue weighted by Crippen LogP contribution is 2.29. The quantitative estimate of drug-likeness (QED) is 0.764. The van der Waals surface area contributed by atoms with Crippen molar-refractivity contribution >= 4 is 21.8 Å². The van der Waals surface area contributed by atoms with E-state index in [0.29, 0.717) is 17.8 Å². The van der Waals surface area contributed by atoms with Crippen molar-refractivity contribution in [2.75, 3.05) is 26.2 Å². The Hall–Kier alpha value is -1.14. The molecule has 25 heavy (non-hydrogen) atoms. The van der Waals surface area contributed by atoms with Crippen LogP contribution in [0, 0.1) is 5.92 Å². The van der Waals surface area contributed by atoms with Crippen LogP contribution in [0.3, 0.4) is 0 Å². The van der Waals surface area contributed by atoms with Crippen molar-refractivity contribution in [1.82, 2.24) is 14.8 Å². The maximum absolute atomic E-state index is 12.8. The second kappa shape index (κ2) is 8.49. The Morgan fingerprint density at radius 2 is 1.84 bits per heavy atom. The highest BCUT2D eigenvalue weighted by Gasteiger charge is 2.32. The Labute approximate surface area is 158 Å². The minimum Gasteiger partial charge on any atom is -0.474 e. The Kier molecular flexibility index (Phi) is 6.34. The Balaban J connectivity index is 1.44. The standard InChI is InChI=1S/C19H28BrN3O2/c1-14(2)22-9-11-23(12-10-22)19(24)15-3-6-17(7-4-15)25-18-8-5-16(20)13-21-18/h5,8,13-15,17H,3-4,6-7,9-12H2,1-2H3/t15-,17-. The fourth-order valence-corrected chi connectivity index (χ4v) is 3.98. The van der Waals surface area contributed by atoms with E-state index in [1.54, 1.807) is 6.20 Å². The van der Waals surface area contributed by atoms with Crippen LogP contribution in [-0.4, -0.2) is 59.0 Å². The van der Waals surface area contributed by atoms with Crippen LogP contribution in [0.1, 0.15) is 39.5 Å². The summed E-state index contributed by atoms with van der Waals surface area (Å²) in [5, 5.41) is 0. The van der Waals surface area contributed by atoms with Crippen molar-refractivity contribution in [3.05, 3.63) is 22.8 Å². The summed E-state index contributed by atoms with van der Waals surface area (Å²) in [6, 6.07) is 4.39. The molecule has 0 N–H and O–H groups in total. The Bertz CT molecular complexity index is 563. The molecule has 5 nitrogen and oxygen atoms in total. The number of hydrogen-bond donors (Lipinski definition) is 0. The molecular formula is C19H28BrN3O2. The number of hydrogen-bond acceptors (Lipinski definition) is 4. The lowest BCUT2D eigenvalue weighted by atomic mass is 9.86. The predicted octanol–water partition coefficient (Wildman–Crippen LogP) is 3.33. The molecular weight excluding hydrogens is 382 g/mol. The molecule has 1 saturated heterocycles. The third kappa shape index (κ3) is 4.94. The number of pyridine rings is 1. The first-order valence-electron chi connectivity index (χ1n) is 9.34. The molecule has 1 aliphatic heterocycles. The second-order valence-electron chi connectivity index (χ2n) is 7.36. The van der Waals surface area contributed by atoms with E-state index in [0.717, 1.165) is 56.3 Å². The lowest BCUT2D eigenvalue weighted by molar-refractivity contribution is -0.139. The molecule has 0 bridgehead atoms. The number of halogens is 1. The van der Waals surface area contributed by atoms with Gasteiger partial charge >= 0.3 is 0 Å². The lowest BCUT2D eigenvalue weighted by Gasteiger charge is -2.39. The van der Waals surface area contributed by atoms with Gasteiger partial charge < -0.3 is 9.64 Å². The van der Waals surface area contributed by atoms with E-state index in [2.05, 4.69) is 44.6 Å². The van der Waals surface area contributed by atoms with Gasteiger partial charge in [0.05, 0.1) is 0 Å². The molecule has 6 heteroatoms. The fraction of sp³-hybridized carbons (Fsp3) is 0.684. The van der Waals surface area contributed by atoms with E-state index in [-0.39, 0.29) is 12.0 Å². The molecule has 1 aromatic heterocycles. The van der Waals surface area contributed by atoms with Crippen LogP contribution in [0.5, 0.6) is 5.88 Å². The first kappa shape index (κ1) is 18.6. The second-order valence-corrected chi connectivity index (χ2v) is 8.28. The molecule has 0 atom stereocenters. The van der Waals surface area contributed by atoms with E-state index in [1.807, 2.05) is 12.1 Å². The summed E-state index contributed by atoms with van der Waals surface area (Å²) in [4.78, 5) is 21.6. The van der Waals surface area contributed by atoms with Crippen LogP contribution in [0.2, 0.25) is 0 Å². The average Bonchev–Trinajstić information content (AvgIpc) is 2.64. The highest BCUT2D eigenvalue weighted by molar-refractivity contribution is 9.10. The van der Waals surface area contributed by atoms with Crippen molar-refractivity contribution in [1.29, 1.82) is 0 Å². The summed E-state index contributed by atoms with van der Waals surface area (Å²) in [6.07, 6.45) is 5.63. The van der Waals surface area contributed by atoms with Crippen molar-refractivity contribution in [3.63, 3.8) is 0 Å². The zero-order valence-electron chi connectivity index (χ0n) is 15.2. The largest absolute Gasteiger partial charge is 0.474 e. The number of aromatic nitrogens is 1. The summed E-state index contributed by atoms with van der Waals surface area (Å²) in [6.45, 7) is 8.18. The van der Waals surface area contributed by atoms with Crippen LogP contribution in [0.25, 0.3) is 0 Å². The monoisotopic (exact) mass is 409 g/mol. The molecule has 1 amide bonds. The number of carbonyl (C=O) groups is 1. The predicted molar refractivity (Wildman–Crippen MR) is 102 cm³/mol. The number of amides is 1. The molecule has 0 unspecified atom stereocenters. The number of ether oxygens (including phenoxy) is 1. The summed E-state index contributed by atoms with van der Waals surface area (Å²) in [7, 11) is 0. The Morgan fingerprint density at radius 3 is 2.40 bits per heavy atom. The van der Waals surface area contributed by atoms with Gasteiger partial charge in [-0.15, -0.1) is 0 Å². The number of rotatable bonds is 4. The number of piperazine rings is 1. The van der Waals surface area contributed by atoms with Gasteiger partial charge in [-0.05, 0) is 61.5 Å². The number of carbonyl (C=O) groups excluding carboxylic acids is 1. The average molecular weight is 410 g/mol. The molecule has 2 aliphatic rings. The van der Waals surface area contributed by atoms with Crippen molar-refractivity contribution in [2.45, 2.75) is 51.7 Å². The van der Waals surface area contributed by atoms with Gasteiger partial charge in [0, 0.05) is 54.9 Å². The number of nitrogens with zero attached hydrogens (tertiary/aromatic N) is 3. The van der Waals surface area contributed by atoms with Crippen LogP contribution < -0.4 is 4.74 Å². The topological polar surface area (TPSA) is 45.7 Å². The molecule has 2 heterocycles. The highest BCUT2D eigenvalue weighted by atomic mass is 79.9. The van der Waals surface area contributed by atoms with Crippen LogP contribution in [0.4, 0.5) is 0 Å². The van der Waals surface area contributed by atoms with Crippen molar-refractivity contribution in [2.24, 2.45) is 5.92 Å². The van der Waals surface area contributed by atoms with Gasteiger partial charge in [-0.2, -0.15) is 0 Å². The molecule has 0 spiro atoms. The van der Waals surface area contributed by atoms with E-state index >= 15 is 0 Å². The van der Waals surface area contributed by atoms with Gasteiger partial charge in [0.15, 0.2) is 0 Å². The van der Waals surface area contributed by atoms with Gasteiger partial charge in [-0.3, -0.25) is 9.69 Å². The van der Waals surface area contributed by atoms with Crippen LogP contribution in [0.15, 0.2) is 22.8 Å². The van der Waals surface area contributed by atoms with Gasteiger partial charge in [0.1, 0.15) is 6.10 Å². The summed E-state index contributed by atoms with van der Waals surface area (Å²) < 4.78 is 6.91. The third-order valence-electron chi connectivity index (χ3n) is 5.37. The first-order chi connectivity index (χ1) is 12.0. The zero-order chi connectivity index (χ0) is 17.8. The first-order valence-corrected chi connectivity index (χ1v) is 10.1. The molecule has 2 fully saturated rings.